The predicted octanol–water partition coefficient (Wildman–Crippen LogP) is 0.272. The van der Waals surface area contributed by atoms with Gasteiger partial charge in [0.15, 0.2) is 0 Å². The molecule has 1 rings (SSSR count). The van der Waals surface area contributed by atoms with E-state index in [1.807, 2.05) is 0 Å². The molecule has 2 amide bonds. The SMILES string of the molecule is CCN(CCCNC(=O)CNC(=O)Cc1cccc(F)c1)S(C)(=O)=O. The minimum Gasteiger partial charge on any atom is -0.355 e. The lowest BCUT2D eigenvalue weighted by molar-refractivity contribution is -0.125. The van der Waals surface area contributed by atoms with Gasteiger partial charge in [-0.25, -0.2) is 17.1 Å². The van der Waals surface area contributed by atoms with Gasteiger partial charge >= 0.3 is 0 Å². The van der Waals surface area contributed by atoms with E-state index in [0.29, 0.717) is 31.6 Å². The van der Waals surface area contributed by atoms with Gasteiger partial charge in [0.1, 0.15) is 5.82 Å². The predicted molar refractivity (Wildman–Crippen MR) is 92.8 cm³/mol. The quantitative estimate of drug-likeness (QED) is 0.576. The highest BCUT2D eigenvalue weighted by Crippen LogP contribution is 2.04. The fourth-order valence-electron chi connectivity index (χ4n) is 2.18. The molecule has 0 radical (unpaired) electrons. The van der Waals surface area contributed by atoms with Crippen molar-refractivity contribution >= 4 is 21.8 Å². The monoisotopic (exact) mass is 373 g/mol. The van der Waals surface area contributed by atoms with Crippen LogP contribution in [0.3, 0.4) is 0 Å². The average Bonchev–Trinajstić information content (AvgIpc) is 2.51. The molecule has 140 valence electrons. The van der Waals surface area contributed by atoms with Crippen molar-refractivity contribution in [3.63, 3.8) is 0 Å². The van der Waals surface area contributed by atoms with Gasteiger partial charge in [0, 0.05) is 19.6 Å². The molecular formula is C16H24FN3O4S. The molecule has 1 aromatic rings. The van der Waals surface area contributed by atoms with Crippen LogP contribution in [0.25, 0.3) is 0 Å². The molecule has 25 heavy (non-hydrogen) atoms. The molecule has 0 aliphatic heterocycles. The number of rotatable bonds is 10. The zero-order valence-corrected chi connectivity index (χ0v) is 15.2. The molecule has 0 aliphatic rings. The molecule has 0 fully saturated rings. The van der Waals surface area contributed by atoms with E-state index in [0.717, 1.165) is 6.26 Å². The normalized spacial score (nSPS) is 11.4. The summed E-state index contributed by atoms with van der Waals surface area (Å²) in [6.07, 6.45) is 1.61. The number of nitrogens with zero attached hydrogens (tertiary/aromatic N) is 1. The summed E-state index contributed by atoms with van der Waals surface area (Å²) in [6.45, 7) is 2.57. The minimum absolute atomic E-state index is 0.00907. The third-order valence-corrected chi connectivity index (χ3v) is 4.81. The lowest BCUT2D eigenvalue weighted by Crippen LogP contribution is -2.39. The van der Waals surface area contributed by atoms with Crippen LogP contribution in [0.5, 0.6) is 0 Å². The number of sulfonamides is 1. The number of benzene rings is 1. The molecule has 0 saturated heterocycles. The number of carbonyl (C=O) groups excluding carboxylic acids is 2. The molecule has 0 unspecified atom stereocenters. The maximum absolute atomic E-state index is 13.0. The number of hydrogen-bond acceptors (Lipinski definition) is 4. The van der Waals surface area contributed by atoms with Crippen molar-refractivity contribution in [1.82, 2.24) is 14.9 Å². The van der Waals surface area contributed by atoms with Crippen LogP contribution in [0.2, 0.25) is 0 Å². The molecule has 0 bridgehead atoms. The van der Waals surface area contributed by atoms with Crippen molar-refractivity contribution in [3.8, 4) is 0 Å². The highest BCUT2D eigenvalue weighted by molar-refractivity contribution is 7.88. The van der Waals surface area contributed by atoms with Crippen molar-refractivity contribution in [1.29, 1.82) is 0 Å². The Morgan fingerprint density at radius 2 is 1.92 bits per heavy atom. The molecule has 0 heterocycles. The van der Waals surface area contributed by atoms with E-state index in [4.69, 9.17) is 0 Å². The van der Waals surface area contributed by atoms with Crippen molar-refractivity contribution < 1.29 is 22.4 Å². The lowest BCUT2D eigenvalue weighted by Gasteiger charge is -2.17. The van der Waals surface area contributed by atoms with Crippen molar-refractivity contribution in [2.75, 3.05) is 32.4 Å². The summed E-state index contributed by atoms with van der Waals surface area (Å²) in [6, 6.07) is 5.70. The molecule has 0 saturated carbocycles. The molecule has 7 nitrogen and oxygen atoms in total. The second kappa shape index (κ2) is 10.1. The first kappa shape index (κ1) is 21.0. The van der Waals surface area contributed by atoms with Crippen LogP contribution in [0, 0.1) is 5.82 Å². The maximum Gasteiger partial charge on any atom is 0.239 e. The van der Waals surface area contributed by atoms with Gasteiger partial charge in [0.05, 0.1) is 19.2 Å². The van der Waals surface area contributed by atoms with Crippen LogP contribution >= 0.6 is 0 Å². The second-order valence-corrected chi connectivity index (χ2v) is 7.52. The van der Waals surface area contributed by atoms with Crippen LogP contribution in [0.1, 0.15) is 18.9 Å². The summed E-state index contributed by atoms with van der Waals surface area (Å²) in [4.78, 5) is 23.4. The molecule has 2 N–H and O–H groups in total. The zero-order valence-electron chi connectivity index (χ0n) is 14.4. The first-order chi connectivity index (χ1) is 11.7. The van der Waals surface area contributed by atoms with Crippen LogP contribution in [0.4, 0.5) is 4.39 Å². The first-order valence-corrected chi connectivity index (χ1v) is 9.80. The zero-order chi connectivity index (χ0) is 18.9. The molecule has 9 heteroatoms. The van der Waals surface area contributed by atoms with E-state index in [1.54, 1.807) is 13.0 Å². The van der Waals surface area contributed by atoms with Gasteiger partial charge in [-0.05, 0) is 24.1 Å². The largest absolute Gasteiger partial charge is 0.355 e. The minimum atomic E-state index is -3.23. The smallest absolute Gasteiger partial charge is 0.239 e. The van der Waals surface area contributed by atoms with E-state index >= 15 is 0 Å². The fraction of sp³-hybridized carbons (Fsp3) is 0.500. The number of halogens is 1. The van der Waals surface area contributed by atoms with E-state index in [-0.39, 0.29) is 24.8 Å². The summed E-state index contributed by atoms with van der Waals surface area (Å²) in [5.41, 5.74) is 0.526. The van der Waals surface area contributed by atoms with E-state index < -0.39 is 15.8 Å². The van der Waals surface area contributed by atoms with Crippen molar-refractivity contribution in [2.45, 2.75) is 19.8 Å². The standard InChI is InChI=1S/C16H24FN3O4S/c1-3-20(25(2,23)24)9-5-8-18-16(22)12-19-15(21)11-13-6-4-7-14(17)10-13/h4,6-7,10H,3,5,8-9,11-12H2,1-2H3,(H,18,22)(H,19,21). The van der Waals surface area contributed by atoms with Gasteiger partial charge in [-0.1, -0.05) is 19.1 Å². The number of nitrogens with one attached hydrogen (secondary N) is 2. The van der Waals surface area contributed by atoms with Gasteiger partial charge in [-0.2, -0.15) is 0 Å². The number of carbonyl (C=O) groups is 2. The van der Waals surface area contributed by atoms with Crippen LogP contribution < -0.4 is 10.6 Å². The second-order valence-electron chi connectivity index (χ2n) is 5.54. The number of hydrogen-bond donors (Lipinski definition) is 2. The summed E-state index contributed by atoms with van der Waals surface area (Å²) < 4.78 is 37.2. The average molecular weight is 373 g/mol. The Hall–Kier alpha value is -2.00. The molecular weight excluding hydrogens is 349 g/mol. The van der Waals surface area contributed by atoms with E-state index in [9.17, 15) is 22.4 Å². The Morgan fingerprint density at radius 1 is 1.20 bits per heavy atom. The lowest BCUT2D eigenvalue weighted by atomic mass is 10.1. The Balaban J connectivity index is 2.23. The van der Waals surface area contributed by atoms with Gasteiger partial charge in [-0.3, -0.25) is 9.59 Å². The van der Waals surface area contributed by atoms with Crippen LogP contribution in [0.15, 0.2) is 24.3 Å². The third kappa shape index (κ3) is 8.59. The molecule has 0 aliphatic carbocycles. The highest BCUT2D eigenvalue weighted by Gasteiger charge is 2.13. The Bertz CT molecular complexity index is 694. The van der Waals surface area contributed by atoms with Crippen molar-refractivity contribution in [3.05, 3.63) is 35.6 Å². The Morgan fingerprint density at radius 3 is 2.52 bits per heavy atom. The molecule has 1 aromatic carbocycles. The molecule has 0 spiro atoms. The van der Waals surface area contributed by atoms with Gasteiger partial charge in [0.2, 0.25) is 21.8 Å². The van der Waals surface area contributed by atoms with Crippen LogP contribution in [-0.2, 0) is 26.0 Å². The first-order valence-electron chi connectivity index (χ1n) is 7.95. The topological polar surface area (TPSA) is 95.6 Å². The van der Waals surface area contributed by atoms with Gasteiger partial charge < -0.3 is 10.6 Å². The number of amides is 2. The summed E-state index contributed by atoms with van der Waals surface area (Å²) in [7, 11) is -3.23. The summed E-state index contributed by atoms with van der Waals surface area (Å²) in [5, 5.41) is 5.06. The fourth-order valence-corrected chi connectivity index (χ4v) is 3.11. The van der Waals surface area contributed by atoms with Gasteiger partial charge in [-0.15, -0.1) is 0 Å². The van der Waals surface area contributed by atoms with Gasteiger partial charge in [0.25, 0.3) is 0 Å². The molecule has 0 aromatic heterocycles. The summed E-state index contributed by atoms with van der Waals surface area (Å²) >= 11 is 0. The maximum atomic E-state index is 13.0. The molecule has 0 atom stereocenters. The van der Waals surface area contributed by atoms with E-state index in [1.165, 1.54) is 22.5 Å². The Labute approximate surface area is 147 Å². The Kier molecular flexibility index (Phi) is 8.50. The van der Waals surface area contributed by atoms with Crippen LogP contribution in [-0.4, -0.2) is 57.0 Å². The van der Waals surface area contributed by atoms with Crippen molar-refractivity contribution in [2.24, 2.45) is 0 Å². The highest BCUT2D eigenvalue weighted by atomic mass is 32.2. The van der Waals surface area contributed by atoms with E-state index in [2.05, 4.69) is 10.6 Å². The third-order valence-electron chi connectivity index (χ3n) is 3.43. The summed E-state index contributed by atoms with van der Waals surface area (Å²) in [5.74, 6) is -1.16.